The quantitative estimate of drug-likeness (QED) is 0.160. The van der Waals surface area contributed by atoms with Crippen LogP contribution in [0.3, 0.4) is 0 Å². The van der Waals surface area contributed by atoms with E-state index >= 15 is 0 Å². The molecule has 3 aromatic rings. The normalized spacial score (nSPS) is 17.6. The largest absolute Gasteiger partial charge is 0.507 e. The van der Waals surface area contributed by atoms with Crippen molar-refractivity contribution in [2.45, 2.75) is 6.04 Å². The Morgan fingerprint density at radius 1 is 1.03 bits per heavy atom. The van der Waals surface area contributed by atoms with Crippen LogP contribution in [-0.4, -0.2) is 21.7 Å². The van der Waals surface area contributed by atoms with Gasteiger partial charge in [0.15, 0.2) is 0 Å². The number of halogens is 2. The molecule has 0 radical (unpaired) electrons. The van der Waals surface area contributed by atoms with Crippen molar-refractivity contribution >= 4 is 56.4 Å². The van der Waals surface area contributed by atoms with Crippen molar-refractivity contribution in [3.8, 4) is 0 Å². The fourth-order valence-corrected chi connectivity index (χ4v) is 3.98. The third kappa shape index (κ3) is 3.90. The number of Topliss-reactive ketones (excluding diaryl/α,β-unsaturated/α-hetero) is 1. The number of aliphatic hydroxyl groups excluding tert-OH is 1. The zero-order valence-corrected chi connectivity index (χ0v) is 18.6. The van der Waals surface area contributed by atoms with E-state index < -0.39 is 28.4 Å². The first kappa shape index (κ1) is 21.7. The maximum Gasteiger partial charge on any atom is 0.300 e. The summed E-state index contributed by atoms with van der Waals surface area (Å²) < 4.78 is 0.769. The SMILES string of the molecule is O=C1C(=O)N(c2ccc(Br)cc2)C(c2cccc([N+](=O)[O-])c2)/C1=C(\O)c1ccc(Cl)cc1. The number of aliphatic hydroxyl groups is 1. The molecule has 1 atom stereocenters. The van der Waals surface area contributed by atoms with Gasteiger partial charge in [-0.05, 0) is 54.1 Å². The van der Waals surface area contributed by atoms with Crippen LogP contribution in [0, 0.1) is 10.1 Å². The number of nitro benzene ring substituents is 1. The minimum atomic E-state index is -1.06. The molecule has 0 aromatic heterocycles. The van der Waals surface area contributed by atoms with E-state index in [1.54, 1.807) is 42.5 Å². The molecule has 1 aliphatic heterocycles. The molecule has 1 N–H and O–H groups in total. The van der Waals surface area contributed by atoms with Gasteiger partial charge in [0.2, 0.25) is 0 Å². The molecule has 32 heavy (non-hydrogen) atoms. The summed E-state index contributed by atoms with van der Waals surface area (Å²) in [6.07, 6.45) is 0. The Kier molecular flexibility index (Phi) is 5.82. The first-order chi connectivity index (χ1) is 15.3. The summed E-state index contributed by atoms with van der Waals surface area (Å²) in [7, 11) is 0. The highest BCUT2D eigenvalue weighted by atomic mass is 79.9. The number of ketones is 1. The Hall–Kier alpha value is -3.49. The second-order valence-electron chi connectivity index (χ2n) is 7.00. The molecule has 0 bridgehead atoms. The highest BCUT2D eigenvalue weighted by molar-refractivity contribution is 9.10. The van der Waals surface area contributed by atoms with Gasteiger partial charge < -0.3 is 5.11 Å². The van der Waals surface area contributed by atoms with Crippen LogP contribution < -0.4 is 4.90 Å². The number of nitro groups is 1. The van der Waals surface area contributed by atoms with Crippen molar-refractivity contribution in [1.29, 1.82) is 0 Å². The van der Waals surface area contributed by atoms with Gasteiger partial charge >= 0.3 is 0 Å². The van der Waals surface area contributed by atoms with E-state index in [1.807, 2.05) is 0 Å². The predicted molar refractivity (Wildman–Crippen MR) is 123 cm³/mol. The van der Waals surface area contributed by atoms with E-state index in [4.69, 9.17) is 11.6 Å². The molecular formula is C23H14BrClN2O5. The van der Waals surface area contributed by atoms with Gasteiger partial charge in [-0.15, -0.1) is 0 Å². The van der Waals surface area contributed by atoms with Gasteiger partial charge in [0.05, 0.1) is 16.5 Å². The fourth-order valence-electron chi connectivity index (χ4n) is 3.59. The number of anilines is 1. The first-order valence-corrected chi connectivity index (χ1v) is 10.5. The highest BCUT2D eigenvalue weighted by Gasteiger charge is 2.47. The predicted octanol–water partition coefficient (Wildman–Crippen LogP) is 5.64. The Bertz CT molecular complexity index is 1270. The summed E-state index contributed by atoms with van der Waals surface area (Å²) in [6.45, 7) is 0. The van der Waals surface area contributed by atoms with Crippen molar-refractivity contribution in [3.05, 3.63) is 109 Å². The average Bonchev–Trinajstić information content (AvgIpc) is 3.05. The molecule has 1 saturated heterocycles. The number of rotatable bonds is 4. The minimum Gasteiger partial charge on any atom is -0.507 e. The standard InChI is InChI=1S/C23H14BrClN2O5/c24-15-6-10-17(11-7-15)26-20(14-2-1-3-18(12-14)27(31)32)19(22(29)23(26)30)21(28)13-4-8-16(25)9-5-13/h1-12,20,28H/b21-19+. The molecule has 0 aliphatic carbocycles. The number of benzene rings is 3. The van der Waals surface area contributed by atoms with Gasteiger partial charge in [-0.25, -0.2) is 0 Å². The van der Waals surface area contributed by atoms with E-state index in [0.29, 0.717) is 21.8 Å². The summed E-state index contributed by atoms with van der Waals surface area (Å²) in [5.74, 6) is -2.13. The van der Waals surface area contributed by atoms with Crippen LogP contribution in [-0.2, 0) is 9.59 Å². The topological polar surface area (TPSA) is 101 Å². The fraction of sp³-hybridized carbons (Fsp3) is 0.0435. The Labute approximate surface area is 195 Å². The number of amides is 1. The van der Waals surface area contributed by atoms with Crippen molar-refractivity contribution in [2.75, 3.05) is 4.90 Å². The number of hydrogen-bond donors (Lipinski definition) is 1. The van der Waals surface area contributed by atoms with Gasteiger partial charge in [0, 0.05) is 32.9 Å². The smallest absolute Gasteiger partial charge is 0.300 e. The highest BCUT2D eigenvalue weighted by Crippen LogP contribution is 2.43. The molecule has 1 fully saturated rings. The van der Waals surface area contributed by atoms with Crippen LogP contribution in [0.4, 0.5) is 11.4 Å². The number of carbonyl (C=O) groups excluding carboxylic acids is 2. The van der Waals surface area contributed by atoms with Crippen LogP contribution in [0.5, 0.6) is 0 Å². The number of carbonyl (C=O) groups is 2. The second kappa shape index (κ2) is 8.57. The molecular weight excluding hydrogens is 500 g/mol. The molecule has 0 spiro atoms. The maximum absolute atomic E-state index is 13.1. The van der Waals surface area contributed by atoms with Crippen LogP contribution in [0.2, 0.25) is 5.02 Å². The van der Waals surface area contributed by atoms with Gasteiger partial charge in [-0.2, -0.15) is 0 Å². The Balaban J connectivity index is 1.96. The van der Waals surface area contributed by atoms with Crippen LogP contribution >= 0.6 is 27.5 Å². The average molecular weight is 514 g/mol. The Morgan fingerprint density at radius 3 is 2.31 bits per heavy atom. The number of nitrogens with zero attached hydrogens (tertiary/aromatic N) is 2. The third-order valence-electron chi connectivity index (χ3n) is 5.06. The van der Waals surface area contributed by atoms with Crippen molar-refractivity contribution in [3.63, 3.8) is 0 Å². The van der Waals surface area contributed by atoms with E-state index in [-0.39, 0.29) is 11.3 Å². The van der Waals surface area contributed by atoms with Crippen molar-refractivity contribution < 1.29 is 19.6 Å². The van der Waals surface area contributed by atoms with E-state index in [1.165, 1.54) is 35.2 Å². The molecule has 9 heteroatoms. The van der Waals surface area contributed by atoms with E-state index in [9.17, 15) is 24.8 Å². The van der Waals surface area contributed by atoms with E-state index in [0.717, 1.165) is 4.47 Å². The molecule has 4 rings (SSSR count). The first-order valence-electron chi connectivity index (χ1n) is 9.35. The van der Waals surface area contributed by atoms with Crippen LogP contribution in [0.15, 0.2) is 82.8 Å². The number of hydrogen-bond acceptors (Lipinski definition) is 5. The summed E-state index contributed by atoms with van der Waals surface area (Å²) in [5, 5.41) is 22.8. The van der Waals surface area contributed by atoms with Gasteiger partial charge in [-0.1, -0.05) is 39.7 Å². The maximum atomic E-state index is 13.1. The van der Waals surface area contributed by atoms with Crippen LogP contribution in [0.25, 0.3) is 5.76 Å². The minimum absolute atomic E-state index is 0.166. The molecule has 1 aliphatic rings. The van der Waals surface area contributed by atoms with Crippen molar-refractivity contribution in [1.82, 2.24) is 0 Å². The molecule has 1 unspecified atom stereocenters. The monoisotopic (exact) mass is 512 g/mol. The Morgan fingerprint density at radius 2 is 1.69 bits per heavy atom. The summed E-state index contributed by atoms with van der Waals surface area (Å²) in [5.41, 5.74) is 0.647. The summed E-state index contributed by atoms with van der Waals surface area (Å²) >= 11 is 9.25. The van der Waals surface area contributed by atoms with E-state index in [2.05, 4.69) is 15.9 Å². The van der Waals surface area contributed by atoms with Crippen molar-refractivity contribution in [2.24, 2.45) is 0 Å². The molecule has 0 saturated carbocycles. The zero-order chi connectivity index (χ0) is 23.0. The second-order valence-corrected chi connectivity index (χ2v) is 8.36. The zero-order valence-electron chi connectivity index (χ0n) is 16.2. The molecule has 160 valence electrons. The van der Waals surface area contributed by atoms with Gasteiger partial charge in [0.1, 0.15) is 5.76 Å². The van der Waals surface area contributed by atoms with Gasteiger partial charge in [-0.3, -0.25) is 24.6 Å². The number of non-ortho nitro benzene ring substituents is 1. The lowest BCUT2D eigenvalue weighted by molar-refractivity contribution is -0.384. The molecule has 7 nitrogen and oxygen atoms in total. The summed E-state index contributed by atoms with van der Waals surface area (Å²) in [6, 6.07) is 17.4. The van der Waals surface area contributed by atoms with Gasteiger partial charge in [0.25, 0.3) is 17.4 Å². The summed E-state index contributed by atoms with van der Waals surface area (Å²) in [4.78, 5) is 38.1. The lowest BCUT2D eigenvalue weighted by atomic mass is 9.95. The molecule has 1 heterocycles. The lowest BCUT2D eigenvalue weighted by Crippen LogP contribution is -2.29. The third-order valence-corrected chi connectivity index (χ3v) is 5.84. The molecule has 1 amide bonds. The molecule has 3 aromatic carbocycles. The van der Waals surface area contributed by atoms with Crippen LogP contribution in [0.1, 0.15) is 17.2 Å². The lowest BCUT2D eigenvalue weighted by Gasteiger charge is -2.25.